The fourth-order valence-electron chi connectivity index (χ4n) is 5.10. The number of nitrogens with two attached hydrogens (primary N) is 1. The summed E-state index contributed by atoms with van der Waals surface area (Å²) in [5.74, 6) is 0.0914. The van der Waals surface area contributed by atoms with Gasteiger partial charge in [0, 0.05) is 24.2 Å². The van der Waals surface area contributed by atoms with Crippen LogP contribution < -0.4 is 5.73 Å². The molecule has 0 radical (unpaired) electrons. The van der Waals surface area contributed by atoms with Crippen LogP contribution in [-0.4, -0.2) is 48.6 Å². The summed E-state index contributed by atoms with van der Waals surface area (Å²) < 4.78 is 4.64. The highest BCUT2D eigenvalue weighted by Gasteiger charge is 2.29. The minimum atomic E-state index is -0.516. The number of nitrogens with zero attached hydrogens (tertiary/aromatic N) is 3. The lowest BCUT2D eigenvalue weighted by atomic mass is 9.77. The zero-order chi connectivity index (χ0) is 26.5. The van der Waals surface area contributed by atoms with Gasteiger partial charge >= 0.3 is 5.97 Å². The van der Waals surface area contributed by atoms with Crippen LogP contribution in [0.4, 0.5) is 0 Å². The summed E-state index contributed by atoms with van der Waals surface area (Å²) in [5.41, 5.74) is 10.8. The van der Waals surface area contributed by atoms with Crippen molar-refractivity contribution in [3.63, 3.8) is 0 Å². The topological polar surface area (TPSA) is 133 Å². The van der Waals surface area contributed by atoms with Crippen molar-refractivity contribution in [2.45, 2.75) is 57.3 Å². The molecule has 2 aromatic carbocycles. The Morgan fingerprint density at radius 2 is 1.78 bits per heavy atom. The van der Waals surface area contributed by atoms with Crippen LogP contribution in [0, 0.1) is 23.7 Å². The number of amidine groups is 2. The van der Waals surface area contributed by atoms with Crippen LogP contribution in [0.2, 0.25) is 0 Å². The second-order valence-corrected chi connectivity index (χ2v) is 9.89. The zero-order valence-electron chi connectivity index (χ0n) is 21.4. The monoisotopic (exact) mass is 499 g/mol. The minimum absolute atomic E-state index is 0.00901. The van der Waals surface area contributed by atoms with Crippen molar-refractivity contribution in [1.82, 2.24) is 4.90 Å². The Hall–Kier alpha value is -3.99. The van der Waals surface area contributed by atoms with E-state index in [9.17, 15) is 9.59 Å². The molecule has 8 nitrogen and oxygen atoms in total. The van der Waals surface area contributed by atoms with Gasteiger partial charge in [-0.25, -0.2) is 4.99 Å². The van der Waals surface area contributed by atoms with Crippen molar-refractivity contribution in [3.8, 4) is 6.07 Å². The fourth-order valence-corrected chi connectivity index (χ4v) is 5.10. The standard InChI is InChI=1S/C29H33N5O3/c1-18-14-24(22-4-3-5-22)25(28(32)33-26(31)16-27(35)37-2)15-23(18)29(36)34-12-10-21(11-13-34)20-8-6-19(17-30)7-9-20/h6-9,14-15,21-22H,3-5,10-13,16H2,1-2H3,(H3,31,32,33). The summed E-state index contributed by atoms with van der Waals surface area (Å²) in [6.07, 6.45) is 4.73. The van der Waals surface area contributed by atoms with Gasteiger partial charge in [-0.05, 0) is 79.3 Å². The fraction of sp³-hybridized carbons (Fsp3) is 0.414. The largest absolute Gasteiger partial charge is 0.469 e. The molecule has 2 aliphatic rings. The predicted octanol–water partition coefficient (Wildman–Crippen LogP) is 4.40. The van der Waals surface area contributed by atoms with Gasteiger partial charge in [0.15, 0.2) is 5.84 Å². The number of likely N-dealkylation sites (tertiary alicyclic amines) is 1. The van der Waals surface area contributed by atoms with Crippen LogP contribution in [-0.2, 0) is 9.53 Å². The number of benzene rings is 2. The molecule has 1 aliphatic carbocycles. The number of rotatable bonds is 6. The molecule has 37 heavy (non-hydrogen) atoms. The number of methoxy groups -OCH3 is 1. The maximum absolute atomic E-state index is 13.6. The number of hydrogen-bond acceptors (Lipinski definition) is 5. The molecule has 1 saturated carbocycles. The molecule has 3 N–H and O–H groups in total. The van der Waals surface area contributed by atoms with E-state index in [4.69, 9.17) is 16.4 Å². The molecule has 0 spiro atoms. The molecular formula is C29H33N5O3. The summed E-state index contributed by atoms with van der Waals surface area (Å²) >= 11 is 0. The van der Waals surface area contributed by atoms with Gasteiger partial charge in [-0.15, -0.1) is 0 Å². The third-order valence-corrected chi connectivity index (χ3v) is 7.53. The smallest absolute Gasteiger partial charge is 0.313 e. The van der Waals surface area contributed by atoms with E-state index in [1.54, 1.807) is 6.07 Å². The van der Waals surface area contributed by atoms with E-state index in [1.165, 1.54) is 12.7 Å². The van der Waals surface area contributed by atoms with Crippen molar-refractivity contribution < 1.29 is 14.3 Å². The summed E-state index contributed by atoms with van der Waals surface area (Å²) in [6.45, 7) is 3.23. The first kappa shape index (κ1) is 26.1. The molecule has 8 heteroatoms. The number of aliphatic imine (C=N–C) groups is 1. The number of amides is 1. The normalized spacial score (nSPS) is 16.6. The number of nitriles is 1. The second-order valence-electron chi connectivity index (χ2n) is 9.89. The third-order valence-electron chi connectivity index (χ3n) is 7.53. The summed E-state index contributed by atoms with van der Waals surface area (Å²) in [5, 5.41) is 17.7. The zero-order valence-corrected chi connectivity index (χ0v) is 21.4. The number of hydrogen-bond donors (Lipinski definition) is 2. The van der Waals surface area contributed by atoms with Gasteiger partial charge in [0.25, 0.3) is 5.91 Å². The first-order chi connectivity index (χ1) is 17.8. The first-order valence-electron chi connectivity index (χ1n) is 12.7. The molecule has 192 valence electrons. The maximum Gasteiger partial charge on any atom is 0.313 e. The molecule has 2 aromatic rings. The van der Waals surface area contributed by atoms with Gasteiger partial charge < -0.3 is 15.4 Å². The Labute approximate surface area is 217 Å². The Morgan fingerprint density at radius 3 is 2.35 bits per heavy atom. The highest BCUT2D eigenvalue weighted by molar-refractivity contribution is 6.10. The summed E-state index contributed by atoms with van der Waals surface area (Å²) in [7, 11) is 1.28. The van der Waals surface area contributed by atoms with Crippen LogP contribution in [0.15, 0.2) is 41.4 Å². The molecule has 0 aromatic heterocycles. The van der Waals surface area contributed by atoms with Gasteiger partial charge in [-0.1, -0.05) is 24.6 Å². The third kappa shape index (κ3) is 5.88. The number of ether oxygens (including phenoxy) is 1. The number of piperidine rings is 1. The van der Waals surface area contributed by atoms with Gasteiger partial charge in [-0.3, -0.25) is 15.0 Å². The Morgan fingerprint density at radius 1 is 1.11 bits per heavy atom. The van der Waals surface area contributed by atoms with E-state index in [-0.39, 0.29) is 24.0 Å². The maximum atomic E-state index is 13.6. The van der Waals surface area contributed by atoms with Gasteiger partial charge in [0.05, 0.1) is 18.7 Å². The number of aryl methyl sites for hydroxylation is 1. The van der Waals surface area contributed by atoms with E-state index in [1.807, 2.05) is 42.2 Å². The highest BCUT2D eigenvalue weighted by Crippen LogP contribution is 2.39. The lowest BCUT2D eigenvalue weighted by Crippen LogP contribution is -2.38. The lowest BCUT2D eigenvalue weighted by Gasteiger charge is -2.33. The van der Waals surface area contributed by atoms with Gasteiger partial charge in [-0.2, -0.15) is 5.26 Å². The van der Waals surface area contributed by atoms with E-state index in [0.717, 1.165) is 43.2 Å². The number of carbonyl (C=O) groups excluding carboxylic acids is 2. The first-order valence-corrected chi connectivity index (χ1v) is 12.7. The second kappa shape index (κ2) is 11.4. The molecule has 4 rings (SSSR count). The van der Waals surface area contributed by atoms with Crippen LogP contribution in [0.25, 0.3) is 0 Å². The molecule has 1 heterocycles. The quantitative estimate of drug-likeness (QED) is 0.345. The average molecular weight is 500 g/mol. The molecule has 2 fully saturated rings. The Kier molecular flexibility index (Phi) is 8.02. The molecule has 0 bridgehead atoms. The van der Waals surface area contributed by atoms with Crippen molar-refractivity contribution in [2.24, 2.45) is 10.7 Å². The Bertz CT molecular complexity index is 1260. The van der Waals surface area contributed by atoms with E-state index in [0.29, 0.717) is 41.6 Å². The van der Waals surface area contributed by atoms with Crippen molar-refractivity contribution >= 4 is 23.5 Å². The van der Waals surface area contributed by atoms with Crippen LogP contribution in [0.1, 0.15) is 88.5 Å². The molecule has 1 amide bonds. The highest BCUT2D eigenvalue weighted by atomic mass is 16.5. The van der Waals surface area contributed by atoms with Crippen molar-refractivity contribution in [3.05, 3.63) is 69.8 Å². The minimum Gasteiger partial charge on any atom is -0.469 e. The number of nitrogens with one attached hydrogen (secondary N) is 1. The molecule has 0 unspecified atom stereocenters. The SMILES string of the molecule is COC(=O)CC(N)=NC(=N)c1cc(C(=O)N2CCC(c3ccc(C#N)cc3)CC2)c(C)cc1C1CCC1. The van der Waals surface area contributed by atoms with Crippen LogP contribution >= 0.6 is 0 Å². The van der Waals surface area contributed by atoms with E-state index < -0.39 is 5.97 Å². The summed E-state index contributed by atoms with van der Waals surface area (Å²) in [4.78, 5) is 31.2. The molecule has 1 saturated heterocycles. The number of carbonyl (C=O) groups is 2. The number of esters is 1. The lowest BCUT2D eigenvalue weighted by molar-refractivity contribution is -0.139. The molecular weight excluding hydrogens is 466 g/mol. The van der Waals surface area contributed by atoms with Crippen LogP contribution in [0.5, 0.6) is 0 Å². The van der Waals surface area contributed by atoms with E-state index >= 15 is 0 Å². The van der Waals surface area contributed by atoms with Crippen molar-refractivity contribution in [2.75, 3.05) is 20.2 Å². The van der Waals surface area contributed by atoms with E-state index in [2.05, 4.69) is 15.8 Å². The molecule has 1 aliphatic heterocycles. The molecule has 0 atom stereocenters. The Balaban J connectivity index is 1.54. The summed E-state index contributed by atoms with van der Waals surface area (Å²) in [6, 6.07) is 13.7. The van der Waals surface area contributed by atoms with Gasteiger partial charge in [0.2, 0.25) is 0 Å². The van der Waals surface area contributed by atoms with Crippen molar-refractivity contribution in [1.29, 1.82) is 10.7 Å². The average Bonchev–Trinajstić information content (AvgIpc) is 2.87. The van der Waals surface area contributed by atoms with Gasteiger partial charge in [0.1, 0.15) is 12.3 Å². The predicted molar refractivity (Wildman–Crippen MR) is 142 cm³/mol. The van der Waals surface area contributed by atoms with Crippen LogP contribution in [0.3, 0.4) is 0 Å².